The second-order valence-electron chi connectivity index (χ2n) is 8.82. The molecule has 202 valence electrons. The van der Waals surface area contributed by atoms with Crippen molar-refractivity contribution < 1.29 is 19.1 Å². The molecule has 0 saturated heterocycles. The van der Waals surface area contributed by atoms with Crippen LogP contribution in [0.25, 0.3) is 4.96 Å². The number of rotatable bonds is 9. The predicted octanol–water partition coefficient (Wildman–Crippen LogP) is 5.74. The fourth-order valence-corrected chi connectivity index (χ4v) is 5.17. The number of hydrogen-bond acceptors (Lipinski definition) is 7. The number of esters is 1. The minimum absolute atomic E-state index is 0.0126. The Morgan fingerprint density at radius 2 is 1.82 bits per heavy atom. The molecule has 0 bridgehead atoms. The minimum Gasteiger partial charge on any atom is -0.462 e. The van der Waals surface area contributed by atoms with Crippen LogP contribution in [0.5, 0.6) is 0 Å². The summed E-state index contributed by atoms with van der Waals surface area (Å²) in [6.45, 7) is 5.93. The Morgan fingerprint density at radius 1 is 1.03 bits per heavy atom. The predicted molar refractivity (Wildman–Crippen MR) is 152 cm³/mol. The van der Waals surface area contributed by atoms with Crippen LogP contribution in [-0.4, -0.2) is 33.8 Å². The summed E-state index contributed by atoms with van der Waals surface area (Å²) >= 11 is 6.99. The number of fused-ring (bicyclic) bond motifs is 1. The summed E-state index contributed by atoms with van der Waals surface area (Å²) in [7, 11) is 0. The normalized spacial score (nSPS) is 10.9. The molecular weight excluding hydrogens is 540 g/mol. The number of ether oxygens (including phenoxy) is 1. The number of amides is 2. The maximum Gasteiger partial charge on any atom is 0.338 e. The van der Waals surface area contributed by atoms with Crippen LogP contribution in [0, 0.1) is 6.92 Å². The summed E-state index contributed by atoms with van der Waals surface area (Å²) in [4.78, 5) is 57.2. The van der Waals surface area contributed by atoms with Crippen molar-refractivity contribution in [1.82, 2.24) is 9.38 Å². The van der Waals surface area contributed by atoms with Gasteiger partial charge in [0, 0.05) is 28.2 Å². The van der Waals surface area contributed by atoms with Crippen LogP contribution in [0.1, 0.15) is 68.5 Å². The monoisotopic (exact) mass is 566 g/mol. The first kappa shape index (κ1) is 28.0. The molecule has 0 aliphatic heterocycles. The SMILES string of the molecule is CCCOC(=O)c1cccc(NC(=O)c2c(C(=O)Nc3ccc(Cl)cc3C)sc3nc(CCC)cc(=O)n23)c1. The number of benzene rings is 2. The average Bonchev–Trinajstić information content (AvgIpc) is 3.29. The van der Waals surface area contributed by atoms with Crippen molar-refractivity contribution >= 4 is 57.1 Å². The van der Waals surface area contributed by atoms with Crippen LogP contribution in [0.2, 0.25) is 5.02 Å². The number of hydrogen-bond donors (Lipinski definition) is 2. The molecule has 0 aliphatic carbocycles. The lowest BCUT2D eigenvalue weighted by Gasteiger charge is -2.10. The fraction of sp³-hybridized carbons (Fsp3) is 0.250. The van der Waals surface area contributed by atoms with Gasteiger partial charge in [0.1, 0.15) is 10.6 Å². The molecule has 0 atom stereocenters. The van der Waals surface area contributed by atoms with Crippen LogP contribution in [0.15, 0.2) is 53.3 Å². The van der Waals surface area contributed by atoms with E-state index in [1.165, 1.54) is 12.1 Å². The maximum atomic E-state index is 13.6. The summed E-state index contributed by atoms with van der Waals surface area (Å²) in [5.41, 5.74) is 1.76. The van der Waals surface area contributed by atoms with Gasteiger partial charge < -0.3 is 15.4 Å². The molecule has 2 heterocycles. The van der Waals surface area contributed by atoms with Crippen LogP contribution in [0.4, 0.5) is 11.4 Å². The first-order chi connectivity index (χ1) is 18.7. The third-order valence-electron chi connectivity index (χ3n) is 5.73. The van der Waals surface area contributed by atoms with E-state index < -0.39 is 23.3 Å². The van der Waals surface area contributed by atoms with Gasteiger partial charge in [-0.25, -0.2) is 14.2 Å². The van der Waals surface area contributed by atoms with Gasteiger partial charge in [0.15, 0.2) is 4.96 Å². The zero-order valence-corrected chi connectivity index (χ0v) is 23.2. The molecule has 0 fully saturated rings. The third kappa shape index (κ3) is 6.35. The molecule has 2 aromatic heterocycles. The minimum atomic E-state index is -0.703. The number of aromatic nitrogens is 2. The summed E-state index contributed by atoms with van der Waals surface area (Å²) < 4.78 is 6.31. The molecule has 0 saturated carbocycles. The number of carbonyl (C=O) groups excluding carboxylic acids is 3. The first-order valence-corrected chi connectivity index (χ1v) is 13.6. The van der Waals surface area contributed by atoms with Gasteiger partial charge in [0.05, 0.1) is 12.2 Å². The molecule has 0 unspecified atom stereocenters. The largest absolute Gasteiger partial charge is 0.462 e. The van der Waals surface area contributed by atoms with E-state index in [0.29, 0.717) is 34.9 Å². The molecule has 0 radical (unpaired) electrons. The van der Waals surface area contributed by atoms with E-state index in [4.69, 9.17) is 16.3 Å². The lowest BCUT2D eigenvalue weighted by atomic mass is 10.2. The maximum absolute atomic E-state index is 13.6. The summed E-state index contributed by atoms with van der Waals surface area (Å²) in [5, 5.41) is 6.03. The van der Waals surface area contributed by atoms with Crippen molar-refractivity contribution in [2.75, 3.05) is 17.2 Å². The van der Waals surface area contributed by atoms with Crippen molar-refractivity contribution in [1.29, 1.82) is 0 Å². The van der Waals surface area contributed by atoms with Gasteiger partial charge in [-0.2, -0.15) is 0 Å². The van der Waals surface area contributed by atoms with E-state index in [0.717, 1.165) is 27.7 Å². The van der Waals surface area contributed by atoms with Crippen LogP contribution >= 0.6 is 22.9 Å². The van der Waals surface area contributed by atoms with E-state index in [2.05, 4.69) is 15.6 Å². The first-order valence-electron chi connectivity index (χ1n) is 12.4. The number of halogens is 1. The number of thiazole rings is 1. The Balaban J connectivity index is 1.75. The zero-order valence-electron chi connectivity index (χ0n) is 21.7. The third-order valence-corrected chi connectivity index (χ3v) is 7.00. The van der Waals surface area contributed by atoms with Crippen molar-refractivity contribution in [3.05, 3.63) is 91.3 Å². The van der Waals surface area contributed by atoms with Gasteiger partial charge in [-0.1, -0.05) is 49.3 Å². The number of nitrogens with zero attached hydrogens (tertiary/aromatic N) is 2. The standard InChI is InChI=1S/C28H27ClN4O5S/c1-4-7-19-15-22(34)33-23(25(35)30-20-9-6-8-17(14-20)27(37)38-12-5-2)24(39-28(33)31-19)26(36)32-21-11-10-18(29)13-16(21)3/h6,8-11,13-15H,4-5,7,12H2,1-3H3,(H,30,35)(H,32,36). The van der Waals surface area contributed by atoms with Crippen molar-refractivity contribution in [3.8, 4) is 0 Å². The Bertz CT molecular complexity index is 1630. The topological polar surface area (TPSA) is 119 Å². The summed E-state index contributed by atoms with van der Waals surface area (Å²) in [6.07, 6.45) is 2.04. The molecule has 2 N–H and O–H groups in total. The van der Waals surface area contributed by atoms with Gasteiger partial charge >= 0.3 is 5.97 Å². The van der Waals surface area contributed by atoms with Crippen LogP contribution in [-0.2, 0) is 11.2 Å². The lowest BCUT2D eigenvalue weighted by Crippen LogP contribution is -2.25. The molecule has 0 spiro atoms. The van der Waals surface area contributed by atoms with Crippen molar-refractivity contribution in [3.63, 3.8) is 0 Å². The number of nitrogens with one attached hydrogen (secondary N) is 2. The Kier molecular flexibility index (Phi) is 8.78. The van der Waals surface area contributed by atoms with Crippen LogP contribution in [0.3, 0.4) is 0 Å². The van der Waals surface area contributed by atoms with Gasteiger partial charge in [-0.15, -0.1) is 0 Å². The van der Waals surface area contributed by atoms with Gasteiger partial charge in [0.25, 0.3) is 17.4 Å². The molecule has 0 aliphatic rings. The molecule has 4 aromatic rings. The molecule has 4 rings (SSSR count). The van der Waals surface area contributed by atoms with Gasteiger partial charge in [-0.3, -0.25) is 14.4 Å². The Hall–Kier alpha value is -4.02. The quantitative estimate of drug-likeness (QED) is 0.249. The Labute approximate surface area is 233 Å². The molecule has 9 nitrogen and oxygen atoms in total. The fourth-order valence-electron chi connectivity index (χ4n) is 3.90. The second kappa shape index (κ2) is 12.2. The highest BCUT2D eigenvalue weighted by Crippen LogP contribution is 2.26. The van der Waals surface area contributed by atoms with E-state index >= 15 is 0 Å². The van der Waals surface area contributed by atoms with E-state index in [-0.39, 0.29) is 27.7 Å². The highest BCUT2D eigenvalue weighted by Gasteiger charge is 2.27. The summed E-state index contributed by atoms with van der Waals surface area (Å²) in [5.74, 6) is -1.80. The van der Waals surface area contributed by atoms with Crippen LogP contribution < -0.4 is 16.2 Å². The smallest absolute Gasteiger partial charge is 0.338 e. The van der Waals surface area contributed by atoms with E-state index in [1.54, 1.807) is 43.3 Å². The number of anilines is 2. The molecular formula is C28H27ClN4O5S. The van der Waals surface area contributed by atoms with E-state index in [9.17, 15) is 19.2 Å². The second-order valence-corrected chi connectivity index (χ2v) is 10.2. The zero-order chi connectivity index (χ0) is 28.1. The van der Waals surface area contributed by atoms with Gasteiger partial charge in [0.2, 0.25) is 0 Å². The lowest BCUT2D eigenvalue weighted by molar-refractivity contribution is 0.0505. The molecule has 39 heavy (non-hydrogen) atoms. The van der Waals surface area contributed by atoms with Gasteiger partial charge in [-0.05, 0) is 61.7 Å². The number of aryl methyl sites for hydroxylation is 2. The van der Waals surface area contributed by atoms with Crippen molar-refractivity contribution in [2.45, 2.75) is 40.0 Å². The number of carbonyl (C=O) groups is 3. The van der Waals surface area contributed by atoms with E-state index in [1.807, 2.05) is 13.8 Å². The molecule has 2 aromatic carbocycles. The molecule has 2 amide bonds. The molecule has 11 heteroatoms. The average molecular weight is 567 g/mol. The summed E-state index contributed by atoms with van der Waals surface area (Å²) in [6, 6.07) is 12.6. The Morgan fingerprint density at radius 3 is 2.54 bits per heavy atom. The highest BCUT2D eigenvalue weighted by molar-refractivity contribution is 7.19. The highest BCUT2D eigenvalue weighted by atomic mass is 35.5. The van der Waals surface area contributed by atoms with Crippen molar-refractivity contribution in [2.24, 2.45) is 0 Å².